The Balaban J connectivity index is 2.14. The third-order valence-electron chi connectivity index (χ3n) is 3.14. The number of anilines is 1. The van der Waals surface area contributed by atoms with Gasteiger partial charge in [-0.25, -0.2) is 0 Å². The lowest BCUT2D eigenvalue weighted by Crippen LogP contribution is -2.04. The van der Waals surface area contributed by atoms with Crippen molar-refractivity contribution < 1.29 is 9.90 Å². The molecule has 0 radical (unpaired) electrons. The van der Waals surface area contributed by atoms with E-state index in [1.807, 2.05) is 24.3 Å². The number of nitrogens with one attached hydrogen (secondary N) is 1. The molecule has 1 aliphatic rings. The van der Waals surface area contributed by atoms with Gasteiger partial charge < -0.3 is 10.4 Å². The lowest BCUT2D eigenvalue weighted by Gasteiger charge is -2.04. The number of carbonyl (C=O) groups excluding carboxylic acids is 1. The number of phenolic OH excluding ortho intramolecular Hbond substituents is 1. The van der Waals surface area contributed by atoms with Gasteiger partial charge in [0.05, 0.1) is 14.6 Å². The highest BCUT2D eigenvalue weighted by Crippen LogP contribution is 2.38. The zero-order chi connectivity index (χ0) is 15.1. The molecule has 0 aliphatic carbocycles. The number of phenols is 1. The van der Waals surface area contributed by atoms with E-state index in [-0.39, 0.29) is 11.7 Å². The Morgan fingerprint density at radius 2 is 1.86 bits per heavy atom. The van der Waals surface area contributed by atoms with Gasteiger partial charge >= 0.3 is 0 Å². The Labute approximate surface area is 151 Å². The molecule has 2 aromatic rings. The summed E-state index contributed by atoms with van der Waals surface area (Å²) in [5.41, 5.74) is 3.19. The fourth-order valence-corrected chi connectivity index (χ4v) is 4.01. The van der Waals surface area contributed by atoms with E-state index in [1.54, 1.807) is 12.1 Å². The molecular weight excluding hydrogens is 513 g/mol. The van der Waals surface area contributed by atoms with Crippen molar-refractivity contribution in [1.29, 1.82) is 0 Å². The molecule has 106 valence electrons. The van der Waals surface area contributed by atoms with Crippen molar-refractivity contribution in [2.75, 3.05) is 5.32 Å². The van der Waals surface area contributed by atoms with Crippen LogP contribution in [0.15, 0.2) is 39.3 Å². The topological polar surface area (TPSA) is 49.3 Å². The molecule has 0 saturated carbocycles. The van der Waals surface area contributed by atoms with Gasteiger partial charge in [-0.2, -0.15) is 0 Å². The molecule has 0 fully saturated rings. The first kappa shape index (κ1) is 15.1. The van der Waals surface area contributed by atoms with E-state index in [1.165, 1.54) is 0 Å². The van der Waals surface area contributed by atoms with Crippen LogP contribution in [0.3, 0.4) is 0 Å². The second kappa shape index (κ2) is 5.73. The van der Waals surface area contributed by atoms with E-state index < -0.39 is 0 Å². The minimum atomic E-state index is -0.116. The number of hydrogen-bond donors (Lipinski definition) is 2. The van der Waals surface area contributed by atoms with Crippen LogP contribution in [0.1, 0.15) is 11.1 Å². The van der Waals surface area contributed by atoms with Crippen molar-refractivity contribution in [3.8, 4) is 5.75 Å². The molecule has 2 aromatic carbocycles. The fourth-order valence-electron chi connectivity index (χ4n) is 2.16. The van der Waals surface area contributed by atoms with Crippen molar-refractivity contribution >= 4 is 77.7 Å². The molecule has 6 heteroatoms. The highest BCUT2D eigenvalue weighted by molar-refractivity contribution is 14.1. The van der Waals surface area contributed by atoms with E-state index in [9.17, 15) is 9.90 Å². The average molecular weight is 521 g/mol. The van der Waals surface area contributed by atoms with Gasteiger partial charge in [0.1, 0.15) is 5.75 Å². The lowest BCUT2D eigenvalue weighted by molar-refractivity contribution is -0.110. The molecule has 0 aromatic heterocycles. The van der Waals surface area contributed by atoms with Gasteiger partial charge in [-0.15, -0.1) is 0 Å². The highest BCUT2D eigenvalue weighted by atomic mass is 127. The summed E-state index contributed by atoms with van der Waals surface area (Å²) in [5.74, 6) is 0.0254. The van der Waals surface area contributed by atoms with Crippen molar-refractivity contribution in [2.24, 2.45) is 0 Å². The number of rotatable bonds is 1. The van der Waals surface area contributed by atoms with Gasteiger partial charge in [-0.05, 0) is 84.3 Å². The number of amides is 1. The normalized spacial score (nSPS) is 15.2. The quantitative estimate of drug-likeness (QED) is 0.410. The Bertz CT molecular complexity index is 779. The molecule has 21 heavy (non-hydrogen) atoms. The summed E-state index contributed by atoms with van der Waals surface area (Å²) >= 11 is 8.79. The maximum absolute atomic E-state index is 12.2. The number of aromatic hydroxyl groups is 1. The first-order valence-electron chi connectivity index (χ1n) is 5.97. The number of fused-ring (bicyclic) bond motifs is 1. The maximum atomic E-state index is 12.2. The second-order valence-electron chi connectivity index (χ2n) is 4.51. The smallest absolute Gasteiger partial charge is 0.256 e. The van der Waals surface area contributed by atoms with Gasteiger partial charge in [0.15, 0.2) is 0 Å². The minimum Gasteiger partial charge on any atom is -0.506 e. The SMILES string of the molecule is O=C1Nc2c(I)cccc2/C1=C/c1cc(Br)c(O)c(Br)c1. The molecule has 3 rings (SSSR count). The molecule has 0 spiro atoms. The van der Waals surface area contributed by atoms with Gasteiger partial charge in [0.2, 0.25) is 0 Å². The van der Waals surface area contributed by atoms with E-state index in [2.05, 4.69) is 59.8 Å². The zero-order valence-electron chi connectivity index (χ0n) is 10.5. The van der Waals surface area contributed by atoms with Crippen LogP contribution in [-0.2, 0) is 4.79 Å². The van der Waals surface area contributed by atoms with E-state index in [0.717, 1.165) is 20.4 Å². The van der Waals surface area contributed by atoms with Crippen LogP contribution in [0, 0.1) is 3.57 Å². The van der Waals surface area contributed by atoms with Crippen LogP contribution >= 0.6 is 54.5 Å². The largest absolute Gasteiger partial charge is 0.506 e. The van der Waals surface area contributed by atoms with Gasteiger partial charge in [0.25, 0.3) is 5.91 Å². The van der Waals surface area contributed by atoms with Gasteiger partial charge in [-0.3, -0.25) is 4.79 Å². The minimum absolute atomic E-state index is 0.116. The third kappa shape index (κ3) is 2.76. The number of para-hydroxylation sites is 1. The number of halogens is 3. The predicted octanol–water partition coefficient (Wildman–Crippen LogP) is 5.01. The number of carbonyl (C=O) groups is 1. The Morgan fingerprint density at radius 1 is 1.19 bits per heavy atom. The molecule has 1 aliphatic heterocycles. The lowest BCUT2D eigenvalue weighted by atomic mass is 10.0. The summed E-state index contributed by atoms with van der Waals surface area (Å²) in [4.78, 5) is 12.2. The van der Waals surface area contributed by atoms with Crippen molar-refractivity contribution in [2.45, 2.75) is 0 Å². The van der Waals surface area contributed by atoms with E-state index >= 15 is 0 Å². The molecule has 0 atom stereocenters. The first-order chi connectivity index (χ1) is 9.97. The van der Waals surface area contributed by atoms with Gasteiger partial charge in [-0.1, -0.05) is 12.1 Å². The van der Waals surface area contributed by atoms with E-state index in [4.69, 9.17) is 0 Å². The first-order valence-corrected chi connectivity index (χ1v) is 8.64. The summed E-state index contributed by atoms with van der Waals surface area (Å²) in [6.45, 7) is 0. The van der Waals surface area contributed by atoms with Crippen molar-refractivity contribution in [1.82, 2.24) is 0 Å². The third-order valence-corrected chi connectivity index (χ3v) is 5.25. The average Bonchev–Trinajstić information content (AvgIpc) is 2.75. The Morgan fingerprint density at radius 3 is 2.52 bits per heavy atom. The van der Waals surface area contributed by atoms with E-state index in [0.29, 0.717) is 14.5 Å². The molecule has 0 unspecified atom stereocenters. The number of hydrogen-bond acceptors (Lipinski definition) is 2. The van der Waals surface area contributed by atoms with Crippen LogP contribution in [0.25, 0.3) is 11.6 Å². The Hall–Kier alpha value is -0.860. The van der Waals surface area contributed by atoms with Crippen molar-refractivity contribution in [3.05, 3.63) is 54.0 Å². The monoisotopic (exact) mass is 519 g/mol. The predicted molar refractivity (Wildman–Crippen MR) is 99.2 cm³/mol. The summed E-state index contributed by atoms with van der Waals surface area (Å²) < 4.78 is 2.16. The summed E-state index contributed by atoms with van der Waals surface area (Å²) in [7, 11) is 0. The molecule has 1 heterocycles. The maximum Gasteiger partial charge on any atom is 0.256 e. The van der Waals surface area contributed by atoms with Crippen LogP contribution in [0.2, 0.25) is 0 Å². The van der Waals surface area contributed by atoms with Crippen LogP contribution < -0.4 is 5.32 Å². The summed E-state index contributed by atoms with van der Waals surface area (Å²) in [6.07, 6.45) is 1.81. The van der Waals surface area contributed by atoms with Crippen LogP contribution in [-0.4, -0.2) is 11.0 Å². The molecule has 0 saturated heterocycles. The summed E-state index contributed by atoms with van der Waals surface area (Å²) in [5, 5.41) is 12.6. The van der Waals surface area contributed by atoms with Crippen LogP contribution in [0.5, 0.6) is 5.75 Å². The van der Waals surface area contributed by atoms with Gasteiger partial charge in [0, 0.05) is 14.7 Å². The highest BCUT2D eigenvalue weighted by Gasteiger charge is 2.25. The molecular formula is C15H8Br2INO2. The zero-order valence-corrected chi connectivity index (χ0v) is 15.8. The molecule has 0 bridgehead atoms. The van der Waals surface area contributed by atoms with Crippen LogP contribution in [0.4, 0.5) is 5.69 Å². The fraction of sp³-hybridized carbons (Fsp3) is 0. The summed E-state index contributed by atoms with van der Waals surface area (Å²) in [6, 6.07) is 9.35. The molecule has 2 N–H and O–H groups in total. The molecule has 3 nitrogen and oxygen atoms in total. The van der Waals surface area contributed by atoms with Crippen molar-refractivity contribution in [3.63, 3.8) is 0 Å². The number of benzene rings is 2. The molecule has 1 amide bonds. The second-order valence-corrected chi connectivity index (χ2v) is 7.38. The standard InChI is InChI=1S/C15H8Br2INO2/c16-10-5-7(6-11(17)14(10)20)4-9-8-2-1-3-12(18)13(8)19-15(9)21/h1-6,20H,(H,19,21)/b9-4-. The Kier molecular flexibility index (Phi) is 4.11.